The van der Waals surface area contributed by atoms with Gasteiger partial charge in [-0.25, -0.2) is 13.8 Å². The molecule has 1 aliphatic rings. The van der Waals surface area contributed by atoms with E-state index in [4.69, 9.17) is 18.5 Å². The monoisotopic (exact) mass is 515 g/mol. The molecule has 0 spiro atoms. The molecule has 1 fully saturated rings. The molecule has 12 nitrogen and oxygen atoms in total. The number of carbonyl (C=O) groups is 1. The highest BCUT2D eigenvalue weighted by atomic mass is 31.2. The summed E-state index contributed by atoms with van der Waals surface area (Å²) in [7, 11) is -4.28. The molecule has 192 valence electrons. The van der Waals surface area contributed by atoms with Gasteiger partial charge in [-0.3, -0.25) is 23.7 Å². The van der Waals surface area contributed by atoms with Crippen LogP contribution < -0.4 is 20.9 Å². The number of halogens is 1. The lowest BCUT2D eigenvalue weighted by Crippen LogP contribution is -2.37. The van der Waals surface area contributed by atoms with Gasteiger partial charge in [-0.05, 0) is 32.9 Å². The number of esters is 1. The molecular formula is C21H27FN3O9P. The molecular weight excluding hydrogens is 488 g/mol. The highest BCUT2D eigenvalue weighted by Crippen LogP contribution is 2.46. The van der Waals surface area contributed by atoms with E-state index >= 15 is 0 Å². The zero-order valence-electron chi connectivity index (χ0n) is 19.2. The van der Waals surface area contributed by atoms with E-state index in [1.807, 2.05) is 4.98 Å². The first kappa shape index (κ1) is 26.8. The summed E-state index contributed by atoms with van der Waals surface area (Å²) in [5.74, 6) is -0.555. The normalized spacial score (nSPS) is 24.6. The van der Waals surface area contributed by atoms with Gasteiger partial charge in [0.25, 0.3) is 5.56 Å². The molecule has 0 radical (unpaired) electrons. The number of hydrogen-bond acceptors (Lipinski definition) is 9. The number of aromatic amines is 1. The van der Waals surface area contributed by atoms with Crippen LogP contribution in [0.5, 0.6) is 5.75 Å². The Kier molecular flexibility index (Phi) is 8.62. The van der Waals surface area contributed by atoms with Crippen molar-refractivity contribution >= 4 is 13.7 Å². The molecule has 1 saturated heterocycles. The maximum Gasteiger partial charge on any atom is 0.459 e. The zero-order valence-corrected chi connectivity index (χ0v) is 20.1. The Morgan fingerprint density at radius 2 is 1.94 bits per heavy atom. The minimum absolute atomic E-state index is 0.154. The molecule has 0 bridgehead atoms. The van der Waals surface area contributed by atoms with E-state index in [0.29, 0.717) is 0 Å². The van der Waals surface area contributed by atoms with Gasteiger partial charge in [-0.2, -0.15) is 5.09 Å². The third kappa shape index (κ3) is 6.86. The van der Waals surface area contributed by atoms with Gasteiger partial charge in [0.1, 0.15) is 24.0 Å². The number of hydrogen-bond donors (Lipinski definition) is 3. The summed E-state index contributed by atoms with van der Waals surface area (Å²) in [6.45, 7) is 4.07. The van der Waals surface area contributed by atoms with Crippen LogP contribution in [0.3, 0.4) is 0 Å². The van der Waals surface area contributed by atoms with Crippen LogP contribution in [-0.2, 0) is 23.4 Å². The van der Waals surface area contributed by atoms with E-state index in [1.54, 1.807) is 32.0 Å². The number of nitrogens with one attached hydrogen (secondary N) is 2. The molecule has 3 N–H and O–H groups in total. The predicted octanol–water partition coefficient (Wildman–Crippen LogP) is 1.27. The molecule has 2 aromatic rings. The fraction of sp³-hybridized carbons (Fsp3) is 0.476. The van der Waals surface area contributed by atoms with Crippen LogP contribution in [0.25, 0.3) is 0 Å². The van der Waals surface area contributed by atoms with E-state index in [-0.39, 0.29) is 5.75 Å². The SMILES string of the molecule is CC(C)OC(=O)[C@H](C)N[P@@](=O)(OC[C@H]1O[C@@H](n2ccc(=O)[nH]c2=O)[C@@H](F)C1O)Oc1ccccc1. The lowest BCUT2D eigenvalue weighted by molar-refractivity contribution is -0.149. The van der Waals surface area contributed by atoms with Crippen LogP contribution in [0.1, 0.15) is 27.0 Å². The average molecular weight is 515 g/mol. The summed E-state index contributed by atoms with van der Waals surface area (Å²) in [5, 5.41) is 12.8. The van der Waals surface area contributed by atoms with Gasteiger partial charge in [0, 0.05) is 12.3 Å². The lowest BCUT2D eigenvalue weighted by Gasteiger charge is -2.25. The van der Waals surface area contributed by atoms with Crippen molar-refractivity contribution in [2.24, 2.45) is 0 Å². The van der Waals surface area contributed by atoms with Crippen LogP contribution in [0.2, 0.25) is 0 Å². The van der Waals surface area contributed by atoms with Gasteiger partial charge in [0.2, 0.25) is 0 Å². The summed E-state index contributed by atoms with van der Waals surface area (Å²) in [6.07, 6.45) is -6.13. The second-order valence-corrected chi connectivity index (χ2v) is 9.75. The lowest BCUT2D eigenvalue weighted by atomic mass is 10.1. The number of aliphatic hydroxyl groups is 1. The van der Waals surface area contributed by atoms with Gasteiger partial charge >= 0.3 is 19.4 Å². The molecule has 35 heavy (non-hydrogen) atoms. The van der Waals surface area contributed by atoms with Crippen molar-refractivity contribution in [2.45, 2.75) is 57.5 Å². The molecule has 1 unspecified atom stereocenters. The number of alkyl halides is 1. The molecule has 0 amide bonds. The fourth-order valence-corrected chi connectivity index (χ4v) is 4.70. The van der Waals surface area contributed by atoms with Crippen molar-refractivity contribution in [3.05, 3.63) is 63.4 Å². The Morgan fingerprint density at radius 3 is 2.57 bits per heavy atom. The van der Waals surface area contributed by atoms with Crippen LogP contribution in [-0.4, -0.2) is 57.8 Å². The van der Waals surface area contributed by atoms with Crippen molar-refractivity contribution in [1.82, 2.24) is 14.6 Å². The maximum atomic E-state index is 14.7. The summed E-state index contributed by atoms with van der Waals surface area (Å²) >= 11 is 0. The highest BCUT2D eigenvalue weighted by molar-refractivity contribution is 7.52. The number of rotatable bonds is 10. The maximum absolute atomic E-state index is 14.7. The molecule has 3 rings (SSSR count). The molecule has 14 heteroatoms. The molecule has 1 aromatic heterocycles. The first-order valence-electron chi connectivity index (χ1n) is 10.8. The second-order valence-electron chi connectivity index (χ2n) is 8.05. The average Bonchev–Trinajstić information content (AvgIpc) is 3.06. The number of benzene rings is 1. The molecule has 0 aliphatic carbocycles. The number of nitrogens with zero attached hydrogens (tertiary/aromatic N) is 1. The number of carbonyl (C=O) groups excluding carboxylic acids is 1. The summed E-state index contributed by atoms with van der Waals surface area (Å²) in [6, 6.07) is 7.86. The minimum atomic E-state index is -4.28. The Balaban J connectivity index is 1.75. The van der Waals surface area contributed by atoms with Crippen LogP contribution in [0.15, 0.2) is 52.2 Å². The van der Waals surface area contributed by atoms with Gasteiger partial charge in [0.05, 0.1) is 12.7 Å². The Labute approximate surface area is 199 Å². The molecule has 1 aliphatic heterocycles. The van der Waals surface area contributed by atoms with Crippen molar-refractivity contribution in [2.75, 3.05) is 6.61 Å². The molecule has 1 aromatic carbocycles. The predicted molar refractivity (Wildman–Crippen MR) is 121 cm³/mol. The van der Waals surface area contributed by atoms with Crippen LogP contribution >= 0.6 is 7.75 Å². The third-order valence-electron chi connectivity index (χ3n) is 4.85. The van der Waals surface area contributed by atoms with Gasteiger partial charge in [-0.15, -0.1) is 0 Å². The number of aromatic nitrogens is 2. The number of ether oxygens (including phenoxy) is 2. The Morgan fingerprint density at radius 1 is 1.26 bits per heavy atom. The largest absolute Gasteiger partial charge is 0.462 e. The standard InChI is InChI=1S/C21H27FN3O9P/c1-12(2)32-20(28)13(3)24-35(30,34-14-7-5-4-6-8-14)31-11-15-18(27)17(22)19(33-15)25-10-9-16(26)23-21(25)29/h4-10,12-13,15,17-19,27H,11H2,1-3H3,(H,24,30)(H,23,26,29)/t13-,15+,17-,18?,19+,35+/m0/s1. The quantitative estimate of drug-likeness (QED) is 0.311. The van der Waals surface area contributed by atoms with E-state index < -0.39 is 68.3 Å². The zero-order chi connectivity index (χ0) is 25.8. The van der Waals surface area contributed by atoms with Crippen molar-refractivity contribution in [3.8, 4) is 5.75 Å². The summed E-state index contributed by atoms with van der Waals surface area (Å²) in [4.78, 5) is 37.4. The Hall–Kier alpha value is -2.83. The number of H-pyrrole nitrogens is 1. The highest BCUT2D eigenvalue weighted by Gasteiger charge is 2.47. The van der Waals surface area contributed by atoms with Crippen molar-refractivity contribution in [3.63, 3.8) is 0 Å². The smallest absolute Gasteiger partial charge is 0.459 e. The Bertz CT molecular complexity index is 1170. The van der Waals surface area contributed by atoms with Crippen molar-refractivity contribution < 1.29 is 37.4 Å². The van der Waals surface area contributed by atoms with Crippen molar-refractivity contribution in [1.29, 1.82) is 0 Å². The fourth-order valence-electron chi connectivity index (χ4n) is 3.20. The second kappa shape index (κ2) is 11.3. The molecule has 2 heterocycles. The van der Waals surface area contributed by atoms with E-state index in [0.717, 1.165) is 16.8 Å². The van der Waals surface area contributed by atoms with E-state index in [2.05, 4.69) is 5.09 Å². The first-order valence-corrected chi connectivity index (χ1v) is 12.3. The van der Waals surface area contributed by atoms with Gasteiger partial charge in [0.15, 0.2) is 12.4 Å². The van der Waals surface area contributed by atoms with Crippen LogP contribution in [0.4, 0.5) is 4.39 Å². The van der Waals surface area contributed by atoms with Gasteiger partial charge in [-0.1, -0.05) is 18.2 Å². The first-order chi connectivity index (χ1) is 16.5. The molecule has 6 atom stereocenters. The topological polar surface area (TPSA) is 158 Å². The van der Waals surface area contributed by atoms with E-state index in [1.165, 1.54) is 19.1 Å². The van der Waals surface area contributed by atoms with E-state index in [9.17, 15) is 28.4 Å². The third-order valence-corrected chi connectivity index (χ3v) is 6.50. The molecule has 0 saturated carbocycles. The van der Waals surface area contributed by atoms with Crippen LogP contribution in [0, 0.1) is 0 Å². The summed E-state index contributed by atoms with van der Waals surface area (Å²) < 4.78 is 50.4. The number of aliphatic hydroxyl groups excluding tert-OH is 1. The summed E-state index contributed by atoms with van der Waals surface area (Å²) in [5.41, 5.74) is -1.62. The van der Waals surface area contributed by atoms with Gasteiger partial charge < -0.3 is 19.1 Å². The number of para-hydroxylation sites is 1. The minimum Gasteiger partial charge on any atom is -0.462 e.